The highest BCUT2D eigenvalue weighted by Crippen LogP contribution is 2.38. The van der Waals surface area contributed by atoms with Crippen LogP contribution in [0.5, 0.6) is 0 Å². The molecule has 0 bridgehead atoms. The molecule has 1 heterocycles. The highest BCUT2D eigenvalue weighted by molar-refractivity contribution is 6.31. The van der Waals surface area contributed by atoms with Gasteiger partial charge in [0.15, 0.2) is 6.23 Å². The summed E-state index contributed by atoms with van der Waals surface area (Å²) in [5.74, 6) is 0. The molecule has 0 radical (unpaired) electrons. The van der Waals surface area contributed by atoms with Crippen LogP contribution in [-0.2, 0) is 43.3 Å². The van der Waals surface area contributed by atoms with Crippen molar-refractivity contribution in [3.63, 3.8) is 0 Å². The SMILES string of the molecule is CN(Cc1cc(Cl)ccc1NC(=O)OC(C)(C)C)C1OC(OC(C)(C)C)=Nc2ccc(Cl)cc21.CN(Cc1cc(Cl)ccc1NC(=O)OC(C)(C)C)Cc1cc(Cl)ccc1NC(=O)OC(C)(C)C. The van der Waals surface area contributed by atoms with Crippen molar-refractivity contribution in [1.82, 2.24) is 9.80 Å². The monoisotopic (exact) mass is 1020 g/mol. The number of benzene rings is 4. The number of halogens is 4. The molecule has 1 atom stereocenters. The smallest absolute Gasteiger partial charge is 0.412 e. The minimum atomic E-state index is -0.616. The Bertz CT molecular complexity index is 2380. The first-order valence-corrected chi connectivity index (χ1v) is 23.3. The Hall–Kier alpha value is -4.96. The lowest BCUT2D eigenvalue weighted by Crippen LogP contribution is -2.34. The zero-order chi connectivity index (χ0) is 50.9. The lowest BCUT2D eigenvalue weighted by Gasteiger charge is -2.34. The quantitative estimate of drug-likeness (QED) is 0.131. The summed E-state index contributed by atoms with van der Waals surface area (Å²) in [7, 11) is 3.81. The molecule has 68 heavy (non-hydrogen) atoms. The molecule has 0 spiro atoms. The van der Waals surface area contributed by atoms with Crippen molar-refractivity contribution < 1.29 is 38.1 Å². The molecule has 370 valence electrons. The maximum absolute atomic E-state index is 12.4. The van der Waals surface area contributed by atoms with Crippen LogP contribution in [0, 0.1) is 0 Å². The van der Waals surface area contributed by atoms with E-state index in [0.29, 0.717) is 62.5 Å². The van der Waals surface area contributed by atoms with Crippen LogP contribution in [0.1, 0.15) is 112 Å². The highest BCUT2D eigenvalue weighted by atomic mass is 35.5. The lowest BCUT2D eigenvalue weighted by atomic mass is 10.1. The average Bonchev–Trinajstić information content (AvgIpc) is 3.15. The van der Waals surface area contributed by atoms with Crippen LogP contribution in [0.15, 0.2) is 77.8 Å². The summed E-state index contributed by atoms with van der Waals surface area (Å²) in [6.45, 7) is 23.3. The molecule has 3 amide bonds. The third kappa shape index (κ3) is 19.2. The third-order valence-corrected chi connectivity index (χ3v) is 9.82. The Labute approximate surface area is 420 Å². The van der Waals surface area contributed by atoms with Crippen molar-refractivity contribution >= 4 is 93.5 Å². The number of fused-ring (bicyclic) bond motifs is 1. The molecule has 1 unspecified atom stereocenters. The van der Waals surface area contributed by atoms with Gasteiger partial charge in [-0.15, -0.1) is 0 Å². The van der Waals surface area contributed by atoms with Gasteiger partial charge in [-0.2, -0.15) is 4.99 Å². The molecule has 0 aromatic heterocycles. The predicted molar refractivity (Wildman–Crippen MR) is 274 cm³/mol. The Kier molecular flexibility index (Phi) is 18.9. The molecule has 0 aliphatic carbocycles. The van der Waals surface area contributed by atoms with Crippen molar-refractivity contribution in [3.05, 3.63) is 115 Å². The Morgan fingerprint density at radius 1 is 0.544 bits per heavy atom. The zero-order valence-electron chi connectivity index (χ0n) is 41.2. The van der Waals surface area contributed by atoms with Crippen molar-refractivity contribution in [2.45, 2.75) is 131 Å². The van der Waals surface area contributed by atoms with Gasteiger partial charge in [0.2, 0.25) is 0 Å². The number of aliphatic imine (C=N–C) groups is 1. The van der Waals surface area contributed by atoms with Gasteiger partial charge in [0, 0.05) is 62.4 Å². The summed E-state index contributed by atoms with van der Waals surface area (Å²) in [6, 6.07) is 21.2. The molecular weight excluding hydrogens is 954 g/mol. The molecule has 0 saturated heterocycles. The van der Waals surface area contributed by atoms with E-state index >= 15 is 0 Å². The van der Waals surface area contributed by atoms with Gasteiger partial charge in [0.25, 0.3) is 0 Å². The van der Waals surface area contributed by atoms with Gasteiger partial charge in [-0.3, -0.25) is 25.8 Å². The van der Waals surface area contributed by atoms with Gasteiger partial charge in [-0.1, -0.05) is 46.4 Å². The number of hydrogen-bond donors (Lipinski definition) is 3. The fraction of sp³-hybridized carbons (Fsp3) is 0.440. The average molecular weight is 1020 g/mol. The van der Waals surface area contributed by atoms with Crippen LogP contribution in [0.25, 0.3) is 0 Å². The summed E-state index contributed by atoms with van der Waals surface area (Å²) in [6.07, 6.45) is -1.98. The number of hydrogen-bond acceptors (Lipinski definition) is 11. The second-order valence-corrected chi connectivity index (χ2v) is 21.9. The minimum Gasteiger partial charge on any atom is -0.445 e. The van der Waals surface area contributed by atoms with Crippen molar-refractivity contribution in [2.75, 3.05) is 30.0 Å². The van der Waals surface area contributed by atoms with E-state index < -0.39 is 46.9 Å². The van der Waals surface area contributed by atoms with Gasteiger partial charge < -0.3 is 23.7 Å². The second kappa shape index (κ2) is 23.1. The van der Waals surface area contributed by atoms with E-state index in [9.17, 15) is 14.4 Å². The summed E-state index contributed by atoms with van der Waals surface area (Å²) >= 11 is 25.0. The molecule has 3 N–H and O–H groups in total. The largest absolute Gasteiger partial charge is 0.445 e. The molecule has 0 fully saturated rings. The molecule has 18 heteroatoms. The number of ether oxygens (including phenoxy) is 5. The Morgan fingerprint density at radius 2 is 0.897 bits per heavy atom. The second-order valence-electron chi connectivity index (χ2n) is 20.1. The van der Waals surface area contributed by atoms with Crippen LogP contribution < -0.4 is 16.0 Å². The van der Waals surface area contributed by atoms with E-state index in [1.807, 2.05) is 77.6 Å². The fourth-order valence-electron chi connectivity index (χ4n) is 6.42. The molecule has 14 nitrogen and oxygen atoms in total. The number of anilines is 3. The third-order valence-electron chi connectivity index (χ3n) is 8.88. The topological polar surface area (TPSA) is 152 Å². The molecule has 4 aromatic rings. The Balaban J connectivity index is 0.000000297. The number of nitrogens with zero attached hydrogens (tertiary/aromatic N) is 3. The van der Waals surface area contributed by atoms with E-state index in [4.69, 9.17) is 70.1 Å². The summed E-state index contributed by atoms with van der Waals surface area (Å²) in [4.78, 5) is 45.4. The van der Waals surface area contributed by atoms with E-state index in [1.165, 1.54) is 0 Å². The first-order chi connectivity index (χ1) is 31.3. The fourth-order valence-corrected chi connectivity index (χ4v) is 7.18. The van der Waals surface area contributed by atoms with Crippen molar-refractivity contribution in [3.8, 4) is 0 Å². The summed E-state index contributed by atoms with van der Waals surface area (Å²) in [5, 5.41) is 10.6. The van der Waals surface area contributed by atoms with Crippen LogP contribution in [0.2, 0.25) is 20.1 Å². The molecule has 0 saturated carbocycles. The normalized spacial score (nSPS) is 13.8. The van der Waals surface area contributed by atoms with Crippen molar-refractivity contribution in [2.24, 2.45) is 4.99 Å². The number of carbonyl (C=O) groups excluding carboxylic acids is 3. The lowest BCUT2D eigenvalue weighted by molar-refractivity contribution is -0.0306. The van der Waals surface area contributed by atoms with Gasteiger partial charge in [-0.25, -0.2) is 14.4 Å². The van der Waals surface area contributed by atoms with E-state index in [2.05, 4.69) is 20.9 Å². The van der Waals surface area contributed by atoms with Gasteiger partial charge in [0.1, 0.15) is 22.4 Å². The highest BCUT2D eigenvalue weighted by Gasteiger charge is 2.32. The standard InChI is InChI=1S/C25H31Cl2N3O4.C25H33Cl2N3O4/c1-24(2,3)33-22(31)28-19-10-8-16(26)12-15(19)14-30(7)21-18-13-17(27)9-11-20(18)29-23(32-21)34-25(4,5)6;1-24(2,3)33-22(31)28-20-10-8-18(26)12-16(20)14-30(7)15-17-13-19(27)9-11-21(17)29-23(32)34-25(4,5)6/h8-13,21H,14H2,1-7H3,(H,28,31);8-13H,14-15H2,1-7H3,(H,28,31)(H,29,32). The molecule has 5 rings (SSSR count). The number of nitrogens with one attached hydrogen (secondary N) is 3. The van der Waals surface area contributed by atoms with Crippen molar-refractivity contribution in [1.29, 1.82) is 0 Å². The number of carbonyl (C=O) groups is 3. The van der Waals surface area contributed by atoms with Gasteiger partial charge in [-0.05, 0) is 187 Å². The van der Waals surface area contributed by atoms with E-state index in [0.717, 1.165) is 22.3 Å². The first-order valence-electron chi connectivity index (χ1n) is 21.8. The minimum absolute atomic E-state index is 0.178. The van der Waals surface area contributed by atoms with Gasteiger partial charge >= 0.3 is 24.4 Å². The van der Waals surface area contributed by atoms with Crippen LogP contribution >= 0.6 is 46.4 Å². The van der Waals surface area contributed by atoms with Crippen LogP contribution in [0.4, 0.5) is 37.1 Å². The zero-order valence-corrected chi connectivity index (χ0v) is 44.3. The first kappa shape index (κ1) is 55.6. The summed E-state index contributed by atoms with van der Waals surface area (Å²) < 4.78 is 28.2. The van der Waals surface area contributed by atoms with E-state index in [-0.39, 0.29) is 6.08 Å². The molecule has 1 aliphatic heterocycles. The molecular formula is C50H64Cl4N6O8. The predicted octanol–water partition coefficient (Wildman–Crippen LogP) is 14.6. The molecule has 1 aliphatic rings. The van der Waals surface area contributed by atoms with Gasteiger partial charge in [0.05, 0.1) is 5.69 Å². The molecule has 4 aromatic carbocycles. The number of rotatable bonds is 10. The number of amides is 3. The van der Waals surface area contributed by atoms with Crippen LogP contribution in [-0.4, -0.2) is 70.7 Å². The van der Waals surface area contributed by atoms with E-state index in [1.54, 1.807) is 102 Å². The Morgan fingerprint density at radius 3 is 1.26 bits per heavy atom. The van der Waals surface area contributed by atoms with Crippen LogP contribution in [0.3, 0.4) is 0 Å². The summed E-state index contributed by atoms with van der Waals surface area (Å²) in [5.41, 5.74) is 3.39. The maximum atomic E-state index is 12.4. The maximum Gasteiger partial charge on any atom is 0.412 e.